The molecule has 1 N–H and O–H groups in total. The zero-order valence-electron chi connectivity index (χ0n) is 15.7. The SMILES string of the molecule is Fc1ccc(-c2nc3ccc(N4CCNCC4)nc3n2-c2ccncn2)c(F)c1F. The Labute approximate surface area is 169 Å². The Hall–Kier alpha value is -3.53. The molecule has 30 heavy (non-hydrogen) atoms. The Morgan fingerprint density at radius 3 is 2.47 bits per heavy atom. The first kappa shape index (κ1) is 18.5. The Balaban J connectivity index is 1.75. The van der Waals surface area contributed by atoms with Gasteiger partial charge in [-0.25, -0.2) is 33.1 Å². The van der Waals surface area contributed by atoms with Crippen molar-refractivity contribution in [3.05, 3.63) is 60.3 Å². The summed E-state index contributed by atoms with van der Waals surface area (Å²) < 4.78 is 43.5. The minimum absolute atomic E-state index is 0.0741. The van der Waals surface area contributed by atoms with Crippen molar-refractivity contribution in [1.29, 1.82) is 0 Å². The first-order chi connectivity index (χ1) is 14.6. The minimum atomic E-state index is -1.55. The van der Waals surface area contributed by atoms with Crippen LogP contribution in [-0.4, -0.2) is 50.7 Å². The lowest BCUT2D eigenvalue weighted by Gasteiger charge is -2.28. The highest BCUT2D eigenvalue weighted by molar-refractivity contribution is 5.81. The summed E-state index contributed by atoms with van der Waals surface area (Å²) >= 11 is 0. The maximum Gasteiger partial charge on any atom is 0.195 e. The second-order valence-corrected chi connectivity index (χ2v) is 6.81. The van der Waals surface area contributed by atoms with Crippen molar-refractivity contribution in [2.24, 2.45) is 0 Å². The molecule has 1 fully saturated rings. The number of nitrogens with zero attached hydrogens (tertiary/aromatic N) is 6. The third-order valence-electron chi connectivity index (χ3n) is 5.00. The predicted molar refractivity (Wildman–Crippen MR) is 105 cm³/mol. The largest absolute Gasteiger partial charge is 0.354 e. The summed E-state index contributed by atoms with van der Waals surface area (Å²) in [7, 11) is 0. The van der Waals surface area contributed by atoms with Crippen LogP contribution in [0, 0.1) is 17.5 Å². The Bertz CT molecular complexity index is 1220. The highest BCUT2D eigenvalue weighted by Crippen LogP contribution is 2.31. The lowest BCUT2D eigenvalue weighted by molar-refractivity contribution is 0.448. The van der Waals surface area contributed by atoms with E-state index in [-0.39, 0.29) is 11.4 Å². The maximum atomic E-state index is 14.6. The van der Waals surface area contributed by atoms with E-state index in [1.807, 2.05) is 6.07 Å². The van der Waals surface area contributed by atoms with Gasteiger partial charge < -0.3 is 10.2 Å². The van der Waals surface area contributed by atoms with Crippen LogP contribution in [0.5, 0.6) is 0 Å². The molecule has 152 valence electrons. The van der Waals surface area contributed by atoms with Crippen LogP contribution in [0.2, 0.25) is 0 Å². The normalized spacial score (nSPS) is 14.4. The van der Waals surface area contributed by atoms with Crippen molar-refractivity contribution in [3.63, 3.8) is 0 Å². The molecule has 4 heterocycles. The van der Waals surface area contributed by atoms with E-state index < -0.39 is 17.5 Å². The highest BCUT2D eigenvalue weighted by atomic mass is 19.2. The molecular formula is C20H16F3N7. The molecule has 10 heteroatoms. The van der Waals surface area contributed by atoms with Crippen LogP contribution in [0.4, 0.5) is 19.0 Å². The minimum Gasteiger partial charge on any atom is -0.354 e. The van der Waals surface area contributed by atoms with E-state index in [2.05, 4.69) is 25.2 Å². The summed E-state index contributed by atoms with van der Waals surface area (Å²) in [5, 5.41) is 3.29. The van der Waals surface area contributed by atoms with E-state index in [0.717, 1.165) is 44.1 Å². The first-order valence-electron chi connectivity index (χ1n) is 9.39. The molecule has 0 unspecified atom stereocenters. The van der Waals surface area contributed by atoms with Crippen LogP contribution >= 0.6 is 0 Å². The summed E-state index contributed by atoms with van der Waals surface area (Å²) in [6.07, 6.45) is 2.87. The topological polar surface area (TPSA) is 71.8 Å². The molecule has 0 amide bonds. The van der Waals surface area contributed by atoms with Gasteiger partial charge in [-0.3, -0.25) is 4.57 Å². The lowest BCUT2D eigenvalue weighted by Crippen LogP contribution is -2.43. The smallest absolute Gasteiger partial charge is 0.195 e. The molecule has 0 radical (unpaired) electrons. The monoisotopic (exact) mass is 411 g/mol. The molecule has 7 nitrogen and oxygen atoms in total. The molecule has 5 rings (SSSR count). The number of benzene rings is 1. The summed E-state index contributed by atoms with van der Waals surface area (Å²) in [6.45, 7) is 3.28. The quantitative estimate of drug-likeness (QED) is 0.523. The van der Waals surface area contributed by atoms with Gasteiger partial charge in [0.05, 0.1) is 5.56 Å². The average molecular weight is 411 g/mol. The van der Waals surface area contributed by atoms with Crippen LogP contribution in [0.15, 0.2) is 42.9 Å². The van der Waals surface area contributed by atoms with E-state index >= 15 is 0 Å². The van der Waals surface area contributed by atoms with Gasteiger partial charge in [-0.05, 0) is 30.3 Å². The molecule has 1 aromatic carbocycles. The Kier molecular flexibility index (Phi) is 4.55. The number of rotatable bonds is 3. The fourth-order valence-electron chi connectivity index (χ4n) is 3.53. The predicted octanol–water partition coefficient (Wildman–Crippen LogP) is 2.70. The maximum absolute atomic E-state index is 14.6. The molecule has 0 aliphatic carbocycles. The van der Waals surface area contributed by atoms with Crippen LogP contribution in [0.1, 0.15) is 0 Å². The number of fused-ring (bicyclic) bond motifs is 1. The summed E-state index contributed by atoms with van der Waals surface area (Å²) in [4.78, 5) is 19.5. The van der Waals surface area contributed by atoms with Gasteiger partial charge in [0.25, 0.3) is 0 Å². The fourth-order valence-corrected chi connectivity index (χ4v) is 3.53. The third kappa shape index (κ3) is 3.05. The third-order valence-corrected chi connectivity index (χ3v) is 5.00. The summed E-state index contributed by atoms with van der Waals surface area (Å²) in [6, 6.07) is 7.26. The first-order valence-corrected chi connectivity index (χ1v) is 9.39. The lowest BCUT2D eigenvalue weighted by atomic mass is 10.2. The standard InChI is InChI=1S/C20H16F3N7/c21-13-2-1-12(17(22)18(13)23)19-27-14-3-4-16(29-9-7-24-8-10-29)28-20(14)30(19)15-5-6-25-11-26-15/h1-6,11,24H,7-10H2. The van der Waals surface area contributed by atoms with Crippen molar-refractivity contribution >= 4 is 17.0 Å². The van der Waals surface area contributed by atoms with Gasteiger partial charge in [0, 0.05) is 32.4 Å². The molecule has 0 atom stereocenters. The van der Waals surface area contributed by atoms with E-state index in [4.69, 9.17) is 4.98 Å². The van der Waals surface area contributed by atoms with Crippen molar-refractivity contribution < 1.29 is 13.2 Å². The molecule has 3 aromatic heterocycles. The van der Waals surface area contributed by atoms with Crippen molar-refractivity contribution in [2.75, 3.05) is 31.1 Å². The number of anilines is 1. The number of hydrogen-bond acceptors (Lipinski definition) is 6. The Morgan fingerprint density at radius 2 is 1.70 bits per heavy atom. The summed E-state index contributed by atoms with van der Waals surface area (Å²) in [5.74, 6) is -2.93. The van der Waals surface area contributed by atoms with Crippen LogP contribution in [0.3, 0.4) is 0 Å². The van der Waals surface area contributed by atoms with Crippen molar-refractivity contribution in [2.45, 2.75) is 0 Å². The second-order valence-electron chi connectivity index (χ2n) is 6.81. The van der Waals surface area contributed by atoms with Gasteiger partial charge in [0.15, 0.2) is 28.9 Å². The van der Waals surface area contributed by atoms with Crippen molar-refractivity contribution in [3.8, 4) is 17.2 Å². The zero-order valence-corrected chi connectivity index (χ0v) is 15.7. The van der Waals surface area contributed by atoms with Gasteiger partial charge in [0.2, 0.25) is 0 Å². The second kappa shape index (κ2) is 7.38. The number of halogens is 3. The number of nitrogens with one attached hydrogen (secondary N) is 1. The number of aromatic nitrogens is 5. The number of hydrogen-bond donors (Lipinski definition) is 1. The fraction of sp³-hybridized carbons (Fsp3) is 0.200. The molecule has 0 spiro atoms. The summed E-state index contributed by atoms with van der Waals surface area (Å²) in [5.41, 5.74) is 0.727. The van der Waals surface area contributed by atoms with Crippen LogP contribution in [0.25, 0.3) is 28.4 Å². The molecule has 0 saturated carbocycles. The van der Waals surface area contributed by atoms with E-state index in [9.17, 15) is 13.2 Å². The molecule has 1 aliphatic heterocycles. The molecule has 1 saturated heterocycles. The van der Waals surface area contributed by atoms with Gasteiger partial charge in [-0.1, -0.05) is 0 Å². The van der Waals surface area contributed by atoms with Crippen molar-refractivity contribution in [1.82, 2.24) is 29.8 Å². The van der Waals surface area contributed by atoms with E-state index in [1.165, 1.54) is 17.1 Å². The molecule has 0 bridgehead atoms. The van der Waals surface area contributed by atoms with E-state index in [1.54, 1.807) is 12.1 Å². The Morgan fingerprint density at radius 1 is 0.867 bits per heavy atom. The zero-order chi connectivity index (χ0) is 20.7. The van der Waals surface area contributed by atoms with Crippen LogP contribution in [-0.2, 0) is 0 Å². The number of pyridine rings is 1. The van der Waals surface area contributed by atoms with Gasteiger partial charge >= 0.3 is 0 Å². The average Bonchev–Trinajstić information content (AvgIpc) is 3.17. The van der Waals surface area contributed by atoms with Crippen LogP contribution < -0.4 is 10.2 Å². The highest BCUT2D eigenvalue weighted by Gasteiger charge is 2.23. The van der Waals surface area contributed by atoms with Gasteiger partial charge in [0.1, 0.15) is 23.5 Å². The van der Waals surface area contributed by atoms with Gasteiger partial charge in [-0.15, -0.1) is 0 Å². The molecule has 1 aliphatic rings. The number of piperazine rings is 1. The van der Waals surface area contributed by atoms with Gasteiger partial charge in [-0.2, -0.15) is 0 Å². The molecule has 4 aromatic rings. The number of imidazole rings is 1. The van der Waals surface area contributed by atoms with E-state index in [0.29, 0.717) is 17.0 Å². The molecular weight excluding hydrogens is 395 g/mol.